The van der Waals surface area contributed by atoms with E-state index in [0.717, 1.165) is 38.8 Å². The van der Waals surface area contributed by atoms with Gasteiger partial charge >= 0.3 is 12.1 Å². The summed E-state index contributed by atoms with van der Waals surface area (Å²) >= 11 is 0. The molecule has 4 N–H and O–H groups in total. The van der Waals surface area contributed by atoms with E-state index in [1.807, 2.05) is 0 Å². The summed E-state index contributed by atoms with van der Waals surface area (Å²) in [7, 11) is 0. The maximum absolute atomic E-state index is 11.9. The number of hydrogen-bond acceptors (Lipinski definition) is 4. The number of nitrogens with one attached hydrogen (secondary N) is 4. The van der Waals surface area contributed by atoms with Crippen LogP contribution in [-0.4, -0.2) is 64.7 Å². The maximum atomic E-state index is 11.9. The Hall–Kier alpha value is -1.54. The van der Waals surface area contributed by atoms with Crippen molar-refractivity contribution in [1.82, 2.24) is 21.3 Å². The first-order chi connectivity index (χ1) is 24.7. The molecule has 0 bridgehead atoms. The lowest BCUT2D eigenvalue weighted by Crippen LogP contribution is -2.36. The van der Waals surface area contributed by atoms with Crippen molar-refractivity contribution in [3.8, 4) is 0 Å². The molecule has 298 valence electrons. The zero-order chi connectivity index (χ0) is 36.3. The number of carbonyl (C=O) groups is 2. The van der Waals surface area contributed by atoms with Crippen molar-refractivity contribution in [1.29, 1.82) is 0 Å². The summed E-state index contributed by atoms with van der Waals surface area (Å²) in [4.78, 5) is 23.9. The minimum Gasteiger partial charge on any atom is -0.379 e. The number of urea groups is 2. The van der Waals surface area contributed by atoms with Crippen LogP contribution in [0.1, 0.15) is 206 Å². The molecule has 8 nitrogen and oxygen atoms in total. The second kappa shape index (κ2) is 43.6. The summed E-state index contributed by atoms with van der Waals surface area (Å²) in [6.45, 7) is 9.55. The molecule has 4 amide bonds. The lowest BCUT2D eigenvalue weighted by Gasteiger charge is -2.09. The molecule has 8 heteroatoms. The third kappa shape index (κ3) is 42.6. The van der Waals surface area contributed by atoms with Crippen LogP contribution in [0.3, 0.4) is 0 Å². The molecule has 0 heterocycles. The fraction of sp³-hybridized carbons (Fsp3) is 0.952. The fourth-order valence-electron chi connectivity index (χ4n) is 6.24. The Morgan fingerprint density at radius 3 is 0.780 bits per heavy atom. The Balaban J connectivity index is 3.22. The molecule has 0 saturated heterocycles. The van der Waals surface area contributed by atoms with Crippen LogP contribution >= 0.6 is 0 Å². The van der Waals surface area contributed by atoms with Gasteiger partial charge in [-0.15, -0.1) is 0 Å². The largest absolute Gasteiger partial charge is 0.379 e. The number of rotatable bonds is 41. The van der Waals surface area contributed by atoms with E-state index in [-0.39, 0.29) is 12.1 Å². The first-order valence-electron chi connectivity index (χ1n) is 21.9. The Morgan fingerprint density at radius 2 is 0.520 bits per heavy atom. The summed E-state index contributed by atoms with van der Waals surface area (Å²) in [5.74, 6) is 0. The van der Waals surface area contributed by atoms with Crippen molar-refractivity contribution in [3.63, 3.8) is 0 Å². The molecule has 0 aliphatic rings. The summed E-state index contributed by atoms with van der Waals surface area (Å²) in [6, 6.07) is -0.166. The summed E-state index contributed by atoms with van der Waals surface area (Å²) in [5.41, 5.74) is 0. The average molecular weight is 711 g/mol. The first-order valence-corrected chi connectivity index (χ1v) is 21.9. The molecule has 0 rings (SSSR count). The second-order valence-electron chi connectivity index (χ2n) is 14.5. The van der Waals surface area contributed by atoms with E-state index in [9.17, 15) is 9.59 Å². The van der Waals surface area contributed by atoms with Gasteiger partial charge in [0.2, 0.25) is 0 Å². The number of hydrogen-bond donors (Lipinski definition) is 4. The van der Waals surface area contributed by atoms with Gasteiger partial charge in [0.05, 0.1) is 13.2 Å². The van der Waals surface area contributed by atoms with Crippen molar-refractivity contribution in [2.24, 2.45) is 0 Å². The van der Waals surface area contributed by atoms with Gasteiger partial charge < -0.3 is 30.7 Å². The van der Waals surface area contributed by atoms with E-state index in [4.69, 9.17) is 9.47 Å². The topological polar surface area (TPSA) is 101 Å². The first kappa shape index (κ1) is 48.5. The zero-order valence-corrected chi connectivity index (χ0v) is 33.5. The SMILES string of the molecule is CCCCCCCCCCCCCCCCNC(=O)NCCCOCCOCCCNC(=O)NCCCCCCCCCCCCCCCC. The molecule has 50 heavy (non-hydrogen) atoms. The molecule has 0 unspecified atom stereocenters. The predicted octanol–water partition coefficient (Wildman–Crippen LogP) is 11.4. The van der Waals surface area contributed by atoms with Crippen LogP contribution in [0.25, 0.3) is 0 Å². The van der Waals surface area contributed by atoms with E-state index in [0.29, 0.717) is 39.5 Å². The molecular weight excluding hydrogens is 624 g/mol. The molecule has 0 saturated carbocycles. The van der Waals surface area contributed by atoms with Gasteiger partial charge in [-0.25, -0.2) is 9.59 Å². The zero-order valence-electron chi connectivity index (χ0n) is 33.5. The van der Waals surface area contributed by atoms with Gasteiger partial charge in [0.15, 0.2) is 0 Å². The molecule has 0 spiro atoms. The van der Waals surface area contributed by atoms with Crippen LogP contribution in [0, 0.1) is 0 Å². The molecule has 0 aromatic heterocycles. The van der Waals surface area contributed by atoms with Crippen LogP contribution in [-0.2, 0) is 9.47 Å². The Labute approximate surface area is 310 Å². The molecule has 0 aromatic rings. The number of unbranched alkanes of at least 4 members (excludes halogenated alkanes) is 26. The normalized spacial score (nSPS) is 11.2. The van der Waals surface area contributed by atoms with Crippen molar-refractivity contribution in [3.05, 3.63) is 0 Å². The fourth-order valence-corrected chi connectivity index (χ4v) is 6.24. The van der Waals surface area contributed by atoms with Gasteiger partial charge in [0.1, 0.15) is 0 Å². The van der Waals surface area contributed by atoms with Gasteiger partial charge in [0, 0.05) is 39.4 Å². The van der Waals surface area contributed by atoms with Crippen LogP contribution in [0.15, 0.2) is 0 Å². The highest BCUT2D eigenvalue weighted by molar-refractivity contribution is 5.74. The van der Waals surface area contributed by atoms with Gasteiger partial charge in [-0.2, -0.15) is 0 Å². The molecule has 0 aliphatic heterocycles. The molecule has 0 aromatic carbocycles. The lowest BCUT2D eigenvalue weighted by atomic mass is 10.0. The molecule has 0 radical (unpaired) electrons. The van der Waals surface area contributed by atoms with Crippen molar-refractivity contribution in [2.75, 3.05) is 52.6 Å². The number of ether oxygens (including phenoxy) is 2. The van der Waals surface area contributed by atoms with E-state index in [2.05, 4.69) is 35.1 Å². The number of carbonyl (C=O) groups excluding carboxylic acids is 2. The minimum atomic E-state index is -0.0832. The monoisotopic (exact) mass is 711 g/mol. The van der Waals surface area contributed by atoms with Crippen molar-refractivity contribution >= 4 is 12.1 Å². The smallest absolute Gasteiger partial charge is 0.314 e. The van der Waals surface area contributed by atoms with Gasteiger partial charge in [-0.3, -0.25) is 0 Å². The Kier molecular flexibility index (Phi) is 42.3. The average Bonchev–Trinajstić information content (AvgIpc) is 3.12. The molecule has 0 fully saturated rings. The predicted molar refractivity (Wildman–Crippen MR) is 214 cm³/mol. The quantitative estimate of drug-likeness (QED) is 0.0474. The lowest BCUT2D eigenvalue weighted by molar-refractivity contribution is 0.0464. The van der Waals surface area contributed by atoms with Crippen LogP contribution in [0.5, 0.6) is 0 Å². The Bertz CT molecular complexity index is 626. The second-order valence-corrected chi connectivity index (χ2v) is 14.5. The van der Waals surface area contributed by atoms with E-state index >= 15 is 0 Å². The molecule has 0 aliphatic carbocycles. The third-order valence-electron chi connectivity index (χ3n) is 9.51. The third-order valence-corrected chi connectivity index (χ3v) is 9.51. The summed E-state index contributed by atoms with van der Waals surface area (Å²) in [6.07, 6.45) is 39.2. The highest BCUT2D eigenvalue weighted by Crippen LogP contribution is 2.14. The van der Waals surface area contributed by atoms with Crippen molar-refractivity contribution < 1.29 is 19.1 Å². The van der Waals surface area contributed by atoms with E-state index < -0.39 is 0 Å². The molecule has 0 atom stereocenters. The van der Waals surface area contributed by atoms with Gasteiger partial charge in [-0.05, 0) is 25.7 Å². The molecular formula is C42H86N4O4. The highest BCUT2D eigenvalue weighted by atomic mass is 16.5. The van der Waals surface area contributed by atoms with Crippen molar-refractivity contribution in [2.45, 2.75) is 206 Å². The van der Waals surface area contributed by atoms with E-state index in [1.165, 1.54) is 167 Å². The van der Waals surface area contributed by atoms with E-state index in [1.54, 1.807) is 0 Å². The minimum absolute atomic E-state index is 0.0832. The summed E-state index contributed by atoms with van der Waals surface area (Å²) < 4.78 is 11.2. The van der Waals surface area contributed by atoms with Crippen LogP contribution < -0.4 is 21.3 Å². The Morgan fingerprint density at radius 1 is 0.300 bits per heavy atom. The standard InChI is InChI=1S/C42H86N4O4/c1-3-5-7-9-11-13-15-17-19-21-23-25-27-29-33-43-41(47)45-35-31-37-49-39-40-50-38-32-36-46-42(48)44-34-30-28-26-24-22-20-18-16-14-12-10-8-6-4-2/h3-40H2,1-2H3,(H2,43,45,47)(H2,44,46,48). The van der Waals surface area contributed by atoms with Crippen LogP contribution in [0.4, 0.5) is 9.59 Å². The number of amides is 4. The summed E-state index contributed by atoms with van der Waals surface area (Å²) in [5, 5.41) is 11.7. The maximum Gasteiger partial charge on any atom is 0.314 e. The van der Waals surface area contributed by atoms with Crippen LogP contribution in [0.2, 0.25) is 0 Å². The highest BCUT2D eigenvalue weighted by Gasteiger charge is 2.01. The van der Waals surface area contributed by atoms with Gasteiger partial charge in [-0.1, -0.05) is 181 Å². The van der Waals surface area contributed by atoms with Gasteiger partial charge in [0.25, 0.3) is 0 Å².